The van der Waals surface area contributed by atoms with Crippen LogP contribution in [-0.4, -0.2) is 22.8 Å². The molecule has 2 aromatic rings. The summed E-state index contributed by atoms with van der Waals surface area (Å²) >= 11 is 0. The molecule has 5 heteroatoms. The second-order valence-corrected chi connectivity index (χ2v) is 8.02. The molecule has 3 unspecified atom stereocenters. The van der Waals surface area contributed by atoms with Crippen molar-refractivity contribution < 1.29 is 4.74 Å². The third-order valence-electron chi connectivity index (χ3n) is 6.22. The van der Waals surface area contributed by atoms with E-state index in [9.17, 15) is 5.26 Å². The van der Waals surface area contributed by atoms with E-state index in [1.54, 1.807) is 13.3 Å². The van der Waals surface area contributed by atoms with E-state index >= 15 is 0 Å². The van der Waals surface area contributed by atoms with Crippen molar-refractivity contribution in [2.45, 2.75) is 64.5 Å². The van der Waals surface area contributed by atoms with E-state index in [-0.39, 0.29) is 6.10 Å². The van der Waals surface area contributed by atoms with Crippen LogP contribution in [0.2, 0.25) is 0 Å². The smallest absolute Gasteiger partial charge is 0.0992 e. The lowest BCUT2D eigenvalue weighted by Crippen LogP contribution is -2.21. The van der Waals surface area contributed by atoms with Crippen molar-refractivity contribution in [2.75, 3.05) is 7.11 Å². The number of nitrogens with zero attached hydrogens (tertiary/aromatic N) is 3. The standard InChI is InChI=1S/C23H32N4O/c1-3-23(28-2)20(14-25)9-7-17-5-4-6-19(11-17)15-27-16-26-21-10-8-18(13-24)12-22(21)27/h8,10,12,14,16-17,19,23H,3-7,9,11,15,25H2,1-2H3/b20-14-. The largest absolute Gasteiger partial charge is 0.405 e. The number of methoxy groups -OCH3 is 1. The third kappa shape index (κ3) is 4.74. The third-order valence-corrected chi connectivity index (χ3v) is 6.22. The SMILES string of the molecule is CCC(OC)/C(=C\N)CCC1CCCC(Cn2cnc3ccc(C#N)cc32)C1. The van der Waals surface area contributed by atoms with E-state index in [0.29, 0.717) is 11.5 Å². The fourth-order valence-corrected chi connectivity index (χ4v) is 4.68. The number of nitrogens with two attached hydrogens (primary N) is 1. The summed E-state index contributed by atoms with van der Waals surface area (Å²) in [5, 5.41) is 9.18. The van der Waals surface area contributed by atoms with Crippen LogP contribution in [0.1, 0.15) is 57.4 Å². The van der Waals surface area contributed by atoms with Crippen molar-refractivity contribution in [3.8, 4) is 6.07 Å². The zero-order chi connectivity index (χ0) is 19.9. The number of fused-ring (bicyclic) bond motifs is 1. The van der Waals surface area contributed by atoms with Crippen LogP contribution in [0, 0.1) is 23.2 Å². The van der Waals surface area contributed by atoms with E-state index in [1.165, 1.54) is 37.7 Å². The first-order valence-electron chi connectivity index (χ1n) is 10.5. The van der Waals surface area contributed by atoms with Gasteiger partial charge in [-0.2, -0.15) is 5.26 Å². The molecule has 3 rings (SSSR count). The minimum atomic E-state index is 0.149. The molecule has 5 nitrogen and oxygen atoms in total. The normalized spacial score (nSPS) is 21.5. The molecule has 0 amide bonds. The lowest BCUT2D eigenvalue weighted by molar-refractivity contribution is 0.123. The molecular weight excluding hydrogens is 348 g/mol. The van der Waals surface area contributed by atoms with Crippen molar-refractivity contribution in [3.63, 3.8) is 0 Å². The lowest BCUT2D eigenvalue weighted by Gasteiger charge is -2.30. The van der Waals surface area contributed by atoms with Gasteiger partial charge in [0.15, 0.2) is 0 Å². The van der Waals surface area contributed by atoms with Crippen LogP contribution in [-0.2, 0) is 11.3 Å². The minimum Gasteiger partial charge on any atom is -0.405 e. The molecule has 3 atom stereocenters. The van der Waals surface area contributed by atoms with Gasteiger partial charge in [-0.1, -0.05) is 19.8 Å². The van der Waals surface area contributed by atoms with Gasteiger partial charge in [-0.05, 0) is 73.9 Å². The van der Waals surface area contributed by atoms with Crippen molar-refractivity contribution in [1.82, 2.24) is 9.55 Å². The molecule has 0 aliphatic heterocycles. The summed E-state index contributed by atoms with van der Waals surface area (Å²) in [4.78, 5) is 4.51. The number of aromatic nitrogens is 2. The van der Waals surface area contributed by atoms with Crippen LogP contribution >= 0.6 is 0 Å². The zero-order valence-electron chi connectivity index (χ0n) is 17.1. The Labute approximate surface area is 168 Å². The fourth-order valence-electron chi connectivity index (χ4n) is 4.68. The van der Waals surface area contributed by atoms with Gasteiger partial charge < -0.3 is 15.0 Å². The maximum atomic E-state index is 9.18. The van der Waals surface area contributed by atoms with Gasteiger partial charge in [-0.3, -0.25) is 0 Å². The molecule has 0 saturated heterocycles. The summed E-state index contributed by atoms with van der Waals surface area (Å²) in [6.45, 7) is 3.12. The Morgan fingerprint density at radius 2 is 2.25 bits per heavy atom. The molecule has 1 saturated carbocycles. The van der Waals surface area contributed by atoms with Gasteiger partial charge >= 0.3 is 0 Å². The summed E-state index contributed by atoms with van der Waals surface area (Å²) in [7, 11) is 1.77. The summed E-state index contributed by atoms with van der Waals surface area (Å²) in [5.41, 5.74) is 9.82. The van der Waals surface area contributed by atoms with Crippen molar-refractivity contribution in [2.24, 2.45) is 17.6 Å². The first-order valence-corrected chi connectivity index (χ1v) is 10.5. The monoisotopic (exact) mass is 380 g/mol. The second kappa shape index (κ2) is 9.75. The van der Waals surface area contributed by atoms with Gasteiger partial charge in [0.2, 0.25) is 0 Å². The lowest BCUT2D eigenvalue weighted by atomic mass is 9.78. The molecule has 2 N–H and O–H groups in total. The van der Waals surface area contributed by atoms with E-state index in [4.69, 9.17) is 10.5 Å². The minimum absolute atomic E-state index is 0.149. The average Bonchev–Trinajstić information content (AvgIpc) is 3.13. The van der Waals surface area contributed by atoms with Gasteiger partial charge in [-0.15, -0.1) is 0 Å². The first-order chi connectivity index (χ1) is 13.7. The highest BCUT2D eigenvalue weighted by molar-refractivity contribution is 5.76. The van der Waals surface area contributed by atoms with E-state index in [2.05, 4.69) is 22.5 Å². The molecule has 1 aliphatic carbocycles. The average molecular weight is 381 g/mol. The molecule has 1 aliphatic rings. The number of benzene rings is 1. The van der Waals surface area contributed by atoms with Crippen LogP contribution in [0.25, 0.3) is 11.0 Å². The molecule has 0 radical (unpaired) electrons. The quantitative estimate of drug-likeness (QED) is 0.716. The van der Waals surface area contributed by atoms with Crippen molar-refractivity contribution in [1.29, 1.82) is 5.26 Å². The molecule has 1 aromatic carbocycles. The number of rotatable bonds is 8. The molecular formula is C23H32N4O. The highest BCUT2D eigenvalue weighted by atomic mass is 16.5. The summed E-state index contributed by atoms with van der Waals surface area (Å²) < 4.78 is 7.79. The van der Waals surface area contributed by atoms with Gasteiger partial charge in [0.25, 0.3) is 0 Å². The Morgan fingerprint density at radius 3 is 2.96 bits per heavy atom. The number of nitriles is 1. The van der Waals surface area contributed by atoms with Crippen LogP contribution in [0.4, 0.5) is 0 Å². The molecule has 28 heavy (non-hydrogen) atoms. The number of ether oxygens (including phenoxy) is 1. The van der Waals surface area contributed by atoms with E-state index in [1.807, 2.05) is 24.5 Å². The predicted molar refractivity (Wildman–Crippen MR) is 112 cm³/mol. The highest BCUT2D eigenvalue weighted by Gasteiger charge is 2.23. The Balaban J connectivity index is 1.60. The predicted octanol–water partition coefficient (Wildman–Crippen LogP) is 4.76. The van der Waals surface area contributed by atoms with Crippen molar-refractivity contribution >= 4 is 11.0 Å². The second-order valence-electron chi connectivity index (χ2n) is 8.02. The van der Waals surface area contributed by atoms with Crippen LogP contribution < -0.4 is 5.73 Å². The number of hydrogen-bond acceptors (Lipinski definition) is 4. The molecule has 150 valence electrons. The maximum absolute atomic E-state index is 9.18. The molecule has 1 fully saturated rings. The van der Waals surface area contributed by atoms with Crippen LogP contribution in [0.5, 0.6) is 0 Å². The maximum Gasteiger partial charge on any atom is 0.0992 e. The Hall–Kier alpha value is -2.32. The Bertz CT molecular complexity index is 844. The van der Waals surface area contributed by atoms with Gasteiger partial charge in [0.05, 0.1) is 35.1 Å². The molecule has 0 spiro atoms. The summed E-state index contributed by atoms with van der Waals surface area (Å²) in [6.07, 6.45) is 12.1. The van der Waals surface area contributed by atoms with Crippen molar-refractivity contribution in [3.05, 3.63) is 41.9 Å². The number of imidazole rings is 1. The summed E-state index contributed by atoms with van der Waals surface area (Å²) in [5.74, 6) is 1.41. The topological polar surface area (TPSA) is 76.9 Å². The zero-order valence-corrected chi connectivity index (χ0v) is 17.1. The number of hydrogen-bond donors (Lipinski definition) is 1. The molecule has 1 heterocycles. The molecule has 0 bridgehead atoms. The fraction of sp³-hybridized carbons (Fsp3) is 0.565. The van der Waals surface area contributed by atoms with Crippen LogP contribution in [0.15, 0.2) is 36.3 Å². The van der Waals surface area contributed by atoms with Crippen LogP contribution in [0.3, 0.4) is 0 Å². The van der Waals surface area contributed by atoms with Gasteiger partial charge in [0.1, 0.15) is 0 Å². The highest BCUT2D eigenvalue weighted by Crippen LogP contribution is 2.34. The molecule has 1 aromatic heterocycles. The van der Waals surface area contributed by atoms with E-state index < -0.39 is 0 Å². The summed E-state index contributed by atoms with van der Waals surface area (Å²) in [6, 6.07) is 7.96. The van der Waals surface area contributed by atoms with Gasteiger partial charge in [0, 0.05) is 13.7 Å². The van der Waals surface area contributed by atoms with Gasteiger partial charge in [-0.25, -0.2) is 4.98 Å². The van der Waals surface area contributed by atoms with E-state index in [0.717, 1.165) is 36.3 Å². The Morgan fingerprint density at radius 1 is 1.43 bits per heavy atom. The first kappa shape index (κ1) is 20.4. The Kier molecular flexibility index (Phi) is 7.11.